The molecule has 3 heterocycles. The Morgan fingerprint density at radius 1 is 0.793 bits per heavy atom. The summed E-state index contributed by atoms with van der Waals surface area (Å²) < 4.78 is 31.7. The Morgan fingerprint density at radius 2 is 1.36 bits per heavy atom. The highest BCUT2D eigenvalue weighted by molar-refractivity contribution is 5.97. The number of rotatable bonds is 13. The number of aromatic nitrogens is 4. The Hall–Kier alpha value is -6.90. The third kappa shape index (κ3) is 7.26. The van der Waals surface area contributed by atoms with Crippen molar-refractivity contribution in [3.8, 4) is 11.5 Å². The number of hydrogen-bond donors (Lipinski definition) is 2. The first-order chi connectivity index (χ1) is 28.2. The van der Waals surface area contributed by atoms with Crippen molar-refractivity contribution in [2.24, 2.45) is 0 Å². The van der Waals surface area contributed by atoms with Gasteiger partial charge in [0.15, 0.2) is 11.2 Å². The van der Waals surface area contributed by atoms with Gasteiger partial charge in [-0.25, -0.2) is 19.3 Å². The van der Waals surface area contributed by atoms with E-state index in [0.29, 0.717) is 22.5 Å². The molecule has 3 atom stereocenters. The highest BCUT2D eigenvalue weighted by atomic mass is 16.6. The van der Waals surface area contributed by atoms with Crippen molar-refractivity contribution >= 4 is 44.9 Å². The number of aromatic amines is 1. The van der Waals surface area contributed by atoms with Crippen LogP contribution in [0.5, 0.6) is 11.5 Å². The molecule has 0 radical (unpaired) electrons. The summed E-state index contributed by atoms with van der Waals surface area (Å²) in [5, 5.41) is 11.1. The van der Waals surface area contributed by atoms with Gasteiger partial charge in [0.25, 0.3) is 5.56 Å². The Morgan fingerprint density at radius 3 is 1.95 bits per heavy atom. The predicted molar refractivity (Wildman–Crippen MR) is 213 cm³/mol. The molecule has 0 aliphatic carbocycles. The molecule has 5 aromatic carbocycles. The van der Waals surface area contributed by atoms with E-state index in [9.17, 15) is 24.3 Å². The summed E-state index contributed by atoms with van der Waals surface area (Å²) in [6.45, 7) is -0.184. The second kappa shape index (κ2) is 15.9. The van der Waals surface area contributed by atoms with E-state index in [1.54, 1.807) is 14.2 Å². The third-order valence-corrected chi connectivity index (χ3v) is 10.3. The van der Waals surface area contributed by atoms with Crippen molar-refractivity contribution in [1.29, 1.82) is 0 Å². The van der Waals surface area contributed by atoms with E-state index in [4.69, 9.17) is 28.7 Å². The standard InChI is InChI=1S/C44H38N4O10/c1-54-31-16-12-29(13-17-31)44(28-10-4-3-5-11-28,30-14-18-32(55-2)19-15-30)56-25-36-35(58-39(51)21-20-38(49)50)24-37(57-36)48-41-40(42(52)47-43(48)53)45-33-22-26-8-6-7-9-27(26)23-34(33)46-41/h3-19,22-23,35-37H,20-21,24-25H2,1-2H3,(H,49,50)(H,47,52,53)/t35-,36+,37+/m0/s1. The maximum atomic E-state index is 13.7. The molecule has 0 unspecified atom stereocenters. The molecule has 0 saturated carbocycles. The minimum absolute atomic E-state index is 0.0193. The average molecular weight is 783 g/mol. The highest BCUT2D eigenvalue weighted by Crippen LogP contribution is 2.43. The van der Waals surface area contributed by atoms with Gasteiger partial charge in [0.1, 0.15) is 35.5 Å². The van der Waals surface area contributed by atoms with Crippen LogP contribution in [0.25, 0.3) is 33.0 Å². The van der Waals surface area contributed by atoms with Gasteiger partial charge in [-0.15, -0.1) is 0 Å². The van der Waals surface area contributed by atoms with E-state index in [1.807, 2.05) is 115 Å². The Balaban J connectivity index is 1.22. The van der Waals surface area contributed by atoms with Gasteiger partial charge in [0.05, 0.1) is 44.7 Å². The van der Waals surface area contributed by atoms with Crippen LogP contribution < -0.4 is 20.7 Å². The molecule has 7 aromatic rings. The first kappa shape index (κ1) is 38.0. The van der Waals surface area contributed by atoms with Gasteiger partial charge in [-0.05, 0) is 63.9 Å². The quantitative estimate of drug-likeness (QED) is 0.0807. The number of carboxylic acids is 1. The van der Waals surface area contributed by atoms with Gasteiger partial charge in [-0.3, -0.25) is 19.4 Å². The lowest BCUT2D eigenvalue weighted by molar-refractivity contribution is -0.157. The zero-order valence-corrected chi connectivity index (χ0v) is 31.5. The van der Waals surface area contributed by atoms with E-state index >= 15 is 0 Å². The molecule has 58 heavy (non-hydrogen) atoms. The second-order valence-corrected chi connectivity index (χ2v) is 13.8. The topological polar surface area (TPSA) is 181 Å². The summed E-state index contributed by atoms with van der Waals surface area (Å²) in [5.41, 5.74) is 0.270. The number of carbonyl (C=O) groups is 2. The number of fused-ring (bicyclic) bond motifs is 3. The summed E-state index contributed by atoms with van der Waals surface area (Å²) in [7, 11) is 3.16. The number of ether oxygens (including phenoxy) is 5. The lowest BCUT2D eigenvalue weighted by Gasteiger charge is -2.37. The molecule has 1 aliphatic rings. The van der Waals surface area contributed by atoms with Gasteiger partial charge in [0, 0.05) is 6.42 Å². The zero-order valence-electron chi connectivity index (χ0n) is 31.5. The van der Waals surface area contributed by atoms with Gasteiger partial charge >= 0.3 is 17.6 Å². The van der Waals surface area contributed by atoms with Crippen LogP contribution in [0.1, 0.15) is 42.2 Å². The van der Waals surface area contributed by atoms with Crippen LogP contribution in [0.3, 0.4) is 0 Å². The summed E-state index contributed by atoms with van der Waals surface area (Å²) in [6.07, 6.45) is -4.01. The van der Waals surface area contributed by atoms with Crippen LogP contribution in [-0.2, 0) is 29.4 Å². The van der Waals surface area contributed by atoms with Crippen molar-refractivity contribution in [3.63, 3.8) is 0 Å². The number of nitrogens with zero attached hydrogens (tertiary/aromatic N) is 3. The molecule has 0 bridgehead atoms. The molecule has 14 heteroatoms. The van der Waals surface area contributed by atoms with Crippen molar-refractivity contribution in [2.45, 2.75) is 43.3 Å². The lowest BCUT2D eigenvalue weighted by Crippen LogP contribution is -2.39. The van der Waals surface area contributed by atoms with E-state index in [-0.39, 0.29) is 30.6 Å². The van der Waals surface area contributed by atoms with Crippen molar-refractivity contribution in [1.82, 2.24) is 19.5 Å². The molecular formula is C44H38N4O10. The third-order valence-electron chi connectivity index (χ3n) is 10.3. The average Bonchev–Trinajstić information content (AvgIpc) is 3.63. The van der Waals surface area contributed by atoms with E-state index in [0.717, 1.165) is 27.5 Å². The van der Waals surface area contributed by atoms with Crippen molar-refractivity contribution in [3.05, 3.63) is 153 Å². The summed E-state index contributed by atoms with van der Waals surface area (Å²) in [5.74, 6) is -0.650. The molecule has 1 fully saturated rings. The number of aliphatic carboxylic acids is 1. The zero-order chi connectivity index (χ0) is 40.4. The van der Waals surface area contributed by atoms with Crippen LogP contribution >= 0.6 is 0 Å². The second-order valence-electron chi connectivity index (χ2n) is 13.8. The molecule has 14 nitrogen and oxygen atoms in total. The fourth-order valence-corrected chi connectivity index (χ4v) is 7.48. The number of methoxy groups -OCH3 is 2. The SMILES string of the molecule is COc1ccc(C(OC[C@H]2O[C@@H](n3c(=O)[nH]c(=O)c4nc5cc6ccccc6cc5nc43)C[C@@H]2OC(=O)CCC(=O)O)(c2ccccc2)c2ccc(OC)cc2)cc1. The van der Waals surface area contributed by atoms with Crippen LogP contribution in [0.2, 0.25) is 0 Å². The monoisotopic (exact) mass is 782 g/mol. The van der Waals surface area contributed by atoms with Gasteiger partial charge in [-0.2, -0.15) is 0 Å². The largest absolute Gasteiger partial charge is 0.497 e. The highest BCUT2D eigenvalue weighted by Gasteiger charge is 2.44. The van der Waals surface area contributed by atoms with Gasteiger partial charge < -0.3 is 28.8 Å². The Labute approximate surface area is 330 Å². The molecular weight excluding hydrogens is 745 g/mol. The van der Waals surface area contributed by atoms with E-state index in [1.165, 1.54) is 4.57 Å². The maximum Gasteiger partial charge on any atom is 0.332 e. The minimum Gasteiger partial charge on any atom is -0.497 e. The number of carboxylic acid groups (broad SMARTS) is 1. The van der Waals surface area contributed by atoms with E-state index < -0.39 is 53.6 Å². The Kier molecular flexibility index (Phi) is 10.4. The summed E-state index contributed by atoms with van der Waals surface area (Å²) in [4.78, 5) is 63.1. The number of esters is 1. The van der Waals surface area contributed by atoms with Crippen LogP contribution in [0.4, 0.5) is 0 Å². The van der Waals surface area contributed by atoms with Crippen LogP contribution in [-0.4, -0.2) is 69.6 Å². The normalized spacial score (nSPS) is 16.8. The smallest absolute Gasteiger partial charge is 0.332 e. The number of nitrogens with one attached hydrogen (secondary N) is 1. The predicted octanol–water partition coefficient (Wildman–Crippen LogP) is 5.88. The minimum atomic E-state index is -1.27. The fraction of sp³-hybridized carbons (Fsp3) is 0.227. The Bertz CT molecular complexity index is 2700. The molecule has 2 aromatic heterocycles. The molecule has 2 N–H and O–H groups in total. The molecule has 1 saturated heterocycles. The van der Waals surface area contributed by atoms with Crippen LogP contribution in [0, 0.1) is 0 Å². The first-order valence-corrected chi connectivity index (χ1v) is 18.6. The van der Waals surface area contributed by atoms with Gasteiger partial charge in [-0.1, -0.05) is 78.9 Å². The molecule has 8 rings (SSSR count). The van der Waals surface area contributed by atoms with Gasteiger partial charge in [0.2, 0.25) is 0 Å². The first-order valence-electron chi connectivity index (χ1n) is 18.6. The molecule has 294 valence electrons. The van der Waals surface area contributed by atoms with Crippen molar-refractivity contribution < 1.29 is 38.4 Å². The lowest BCUT2D eigenvalue weighted by atomic mass is 9.80. The van der Waals surface area contributed by atoms with Crippen LogP contribution in [0.15, 0.2) is 125 Å². The molecule has 0 amide bonds. The number of hydrogen-bond acceptors (Lipinski definition) is 11. The summed E-state index contributed by atoms with van der Waals surface area (Å²) in [6, 6.07) is 35.8. The van der Waals surface area contributed by atoms with E-state index in [2.05, 4.69) is 9.97 Å². The maximum absolute atomic E-state index is 13.7. The molecule has 1 aliphatic heterocycles. The number of H-pyrrole nitrogens is 1. The summed E-state index contributed by atoms with van der Waals surface area (Å²) >= 11 is 0. The molecule has 0 spiro atoms. The van der Waals surface area contributed by atoms with Crippen molar-refractivity contribution in [2.75, 3.05) is 20.8 Å². The number of benzene rings is 5. The fourth-order valence-electron chi connectivity index (χ4n) is 7.48. The number of carbonyl (C=O) groups excluding carboxylic acids is 1.